The molecule has 356 valence electrons. The predicted molar refractivity (Wildman–Crippen MR) is 212 cm³/mol. The SMILES string of the molecule is O=C1c2c(cc(O)c(C3OC(CO)C(O)C(O)C3O)c2O)O[C@@H](c2ccc(O)c(O)c2)[C@@H]1O.O=C1c2c(cc(O)c(C3OC(CO)C(O)C(O)C3O)c2O)O[C@H](c2ccc(O)c(O)c2)[C@H]1O. The Labute approximate surface area is 369 Å². The summed E-state index contributed by atoms with van der Waals surface area (Å²) in [6, 6.07) is 8.85. The Morgan fingerprint density at radius 2 is 0.758 bits per heavy atom. The Morgan fingerprint density at radius 3 is 1.08 bits per heavy atom. The number of aliphatic hydroxyl groups is 10. The first-order chi connectivity index (χ1) is 31.1. The molecule has 0 spiro atoms. The van der Waals surface area contributed by atoms with Gasteiger partial charge in [-0.15, -0.1) is 0 Å². The van der Waals surface area contributed by atoms with Crippen LogP contribution in [0.3, 0.4) is 0 Å². The van der Waals surface area contributed by atoms with E-state index >= 15 is 0 Å². The van der Waals surface area contributed by atoms with Crippen molar-refractivity contribution >= 4 is 11.6 Å². The standard InChI is InChI=1S/2C21H22O12/c2*22-5-11-14(26)17(29)19(31)21(33-11)12-9(25)4-10-13(15(12)27)16(28)18(30)20(32-10)6-1-2-7(23)8(24)3-6/h2*1-4,11,14,17-27,29-31H,5H2/t2*11?,14?,17?,18-,19?,20+,21?/m10/s1. The Morgan fingerprint density at radius 1 is 0.409 bits per heavy atom. The van der Waals surface area contributed by atoms with Gasteiger partial charge in [-0.2, -0.15) is 0 Å². The summed E-state index contributed by atoms with van der Waals surface area (Å²) in [5.74, 6) is -7.80. The topological polar surface area (TPSA) is 435 Å². The van der Waals surface area contributed by atoms with Gasteiger partial charge in [0.1, 0.15) is 107 Å². The maximum absolute atomic E-state index is 12.9. The number of hydrogen-bond donors (Lipinski definition) is 18. The number of phenols is 8. The first kappa shape index (κ1) is 47.7. The second kappa shape index (κ2) is 18.2. The second-order valence-electron chi connectivity index (χ2n) is 15.8. The van der Waals surface area contributed by atoms with Gasteiger partial charge >= 0.3 is 0 Å². The summed E-state index contributed by atoms with van der Waals surface area (Å²) in [5.41, 5.74) is -1.87. The Balaban J connectivity index is 0.000000196. The minimum atomic E-state index is -1.86. The van der Waals surface area contributed by atoms with E-state index in [2.05, 4.69) is 0 Å². The summed E-state index contributed by atoms with van der Waals surface area (Å²) in [6.07, 6.45) is -23.1. The number of phenolic OH excluding ortho intramolecular Hbond substituents is 8. The molecule has 4 aliphatic heterocycles. The second-order valence-corrected chi connectivity index (χ2v) is 15.8. The van der Waals surface area contributed by atoms with E-state index in [1.165, 1.54) is 12.1 Å². The van der Waals surface area contributed by atoms with Crippen LogP contribution >= 0.6 is 0 Å². The molecule has 10 unspecified atom stereocenters. The molecular weight excluding hydrogens is 888 g/mol. The average molecular weight is 933 g/mol. The lowest BCUT2D eigenvalue weighted by atomic mass is 9.86. The number of rotatable bonds is 6. The predicted octanol–water partition coefficient (Wildman–Crippen LogP) is -2.60. The van der Waals surface area contributed by atoms with Gasteiger partial charge in [-0.05, 0) is 35.4 Å². The Bertz CT molecular complexity index is 2340. The van der Waals surface area contributed by atoms with Crippen molar-refractivity contribution in [3.63, 3.8) is 0 Å². The molecule has 18 N–H and O–H groups in total. The molecular formula is C42H44O24. The first-order valence-electron chi connectivity index (χ1n) is 19.7. The lowest BCUT2D eigenvalue weighted by Crippen LogP contribution is -2.55. The van der Waals surface area contributed by atoms with Gasteiger partial charge in [0.25, 0.3) is 0 Å². The van der Waals surface area contributed by atoms with Gasteiger partial charge in [-0.25, -0.2) is 0 Å². The maximum Gasteiger partial charge on any atom is 0.202 e. The van der Waals surface area contributed by atoms with E-state index in [0.717, 1.165) is 36.4 Å². The van der Waals surface area contributed by atoms with Crippen molar-refractivity contribution in [3.8, 4) is 57.5 Å². The van der Waals surface area contributed by atoms with Gasteiger partial charge in [0.2, 0.25) is 11.6 Å². The highest BCUT2D eigenvalue weighted by Gasteiger charge is 2.50. The third-order valence-corrected chi connectivity index (χ3v) is 11.7. The van der Waals surface area contributed by atoms with Gasteiger partial charge in [-0.3, -0.25) is 9.59 Å². The summed E-state index contributed by atoms with van der Waals surface area (Å²) >= 11 is 0. The zero-order valence-electron chi connectivity index (χ0n) is 33.6. The van der Waals surface area contributed by atoms with Gasteiger partial charge in [0.05, 0.1) is 24.3 Å². The molecule has 0 aromatic heterocycles. The van der Waals surface area contributed by atoms with Crippen LogP contribution in [0.15, 0.2) is 48.5 Å². The molecule has 2 fully saturated rings. The van der Waals surface area contributed by atoms with Crippen LogP contribution in [0.4, 0.5) is 0 Å². The Kier molecular flexibility index (Phi) is 13.1. The molecule has 8 rings (SSSR count). The monoisotopic (exact) mass is 932 g/mol. The molecule has 66 heavy (non-hydrogen) atoms. The van der Waals surface area contributed by atoms with Crippen molar-refractivity contribution in [2.24, 2.45) is 0 Å². The fraction of sp³-hybridized carbons (Fsp3) is 0.381. The first-order valence-corrected chi connectivity index (χ1v) is 19.7. The number of carbonyl (C=O) groups is 2. The summed E-state index contributed by atoms with van der Waals surface area (Å²) < 4.78 is 21.9. The summed E-state index contributed by atoms with van der Waals surface area (Å²) in [6.45, 7) is -1.51. The average Bonchev–Trinajstić information content (AvgIpc) is 3.27. The third kappa shape index (κ3) is 8.07. The van der Waals surface area contributed by atoms with Crippen LogP contribution in [0.25, 0.3) is 0 Å². The lowest BCUT2D eigenvalue weighted by Gasteiger charge is -2.41. The minimum absolute atomic E-state index is 0.119. The largest absolute Gasteiger partial charge is 0.507 e. The molecule has 4 heterocycles. The number of fused-ring (bicyclic) bond motifs is 2. The van der Waals surface area contributed by atoms with Crippen LogP contribution in [0, 0.1) is 0 Å². The van der Waals surface area contributed by atoms with E-state index in [1.807, 2.05) is 0 Å². The molecule has 0 radical (unpaired) electrons. The van der Waals surface area contributed by atoms with Crippen LogP contribution in [0.2, 0.25) is 0 Å². The number of benzene rings is 4. The fourth-order valence-electron chi connectivity index (χ4n) is 8.11. The molecule has 0 amide bonds. The number of ketones is 2. The normalized spacial score (nSPS) is 31.7. The van der Waals surface area contributed by atoms with Crippen molar-refractivity contribution in [2.45, 2.75) is 85.5 Å². The molecule has 2 saturated heterocycles. The number of aliphatic hydroxyl groups excluding tert-OH is 10. The van der Waals surface area contributed by atoms with E-state index in [9.17, 15) is 102 Å². The fourth-order valence-corrected chi connectivity index (χ4v) is 8.11. The van der Waals surface area contributed by atoms with Crippen LogP contribution in [-0.4, -0.2) is 178 Å². The molecule has 4 aliphatic rings. The Hall–Kier alpha value is -6.26. The van der Waals surface area contributed by atoms with E-state index in [-0.39, 0.29) is 22.6 Å². The van der Waals surface area contributed by atoms with Gasteiger partial charge in [0, 0.05) is 12.1 Å². The lowest BCUT2D eigenvalue weighted by molar-refractivity contribution is -0.232. The van der Waals surface area contributed by atoms with Crippen LogP contribution in [0.1, 0.15) is 67.4 Å². The van der Waals surface area contributed by atoms with E-state index in [1.54, 1.807) is 0 Å². The summed E-state index contributed by atoms with van der Waals surface area (Å²) in [4.78, 5) is 25.8. The minimum Gasteiger partial charge on any atom is -0.507 e. The molecule has 24 heteroatoms. The highest BCUT2D eigenvalue weighted by molar-refractivity contribution is 6.07. The summed E-state index contributed by atoms with van der Waals surface area (Å²) in [5, 5.41) is 181. The van der Waals surface area contributed by atoms with Crippen molar-refractivity contribution in [3.05, 3.63) is 81.9 Å². The number of aromatic hydroxyl groups is 8. The van der Waals surface area contributed by atoms with Crippen LogP contribution in [0.5, 0.6) is 57.5 Å². The number of ether oxygens (including phenoxy) is 4. The quantitative estimate of drug-likeness (QED) is 0.0882. The third-order valence-electron chi connectivity index (χ3n) is 11.7. The molecule has 4 aromatic carbocycles. The summed E-state index contributed by atoms with van der Waals surface area (Å²) in [7, 11) is 0. The zero-order chi connectivity index (χ0) is 48.4. The molecule has 14 atom stereocenters. The smallest absolute Gasteiger partial charge is 0.202 e. The van der Waals surface area contributed by atoms with Crippen molar-refractivity contribution < 1.29 is 120 Å². The molecule has 0 bridgehead atoms. The number of Topliss-reactive ketones (excluding diaryl/α,β-unsaturated/α-hetero) is 2. The van der Waals surface area contributed by atoms with E-state index in [4.69, 9.17) is 18.9 Å². The van der Waals surface area contributed by atoms with Gasteiger partial charge in [0.15, 0.2) is 47.4 Å². The molecule has 0 aliphatic carbocycles. The van der Waals surface area contributed by atoms with Crippen molar-refractivity contribution in [1.29, 1.82) is 0 Å². The van der Waals surface area contributed by atoms with Gasteiger partial charge < -0.3 is 111 Å². The maximum atomic E-state index is 12.9. The van der Waals surface area contributed by atoms with E-state index < -0.39 is 178 Å². The highest BCUT2D eigenvalue weighted by atomic mass is 16.6. The number of carbonyl (C=O) groups excluding carboxylic acids is 2. The molecule has 0 saturated carbocycles. The number of hydrogen-bond acceptors (Lipinski definition) is 24. The zero-order valence-corrected chi connectivity index (χ0v) is 33.6. The van der Waals surface area contributed by atoms with Gasteiger partial charge in [-0.1, -0.05) is 12.1 Å². The highest BCUT2D eigenvalue weighted by Crippen LogP contribution is 2.52. The van der Waals surface area contributed by atoms with Crippen LogP contribution < -0.4 is 9.47 Å². The van der Waals surface area contributed by atoms with Crippen molar-refractivity contribution in [2.75, 3.05) is 13.2 Å². The van der Waals surface area contributed by atoms with Crippen molar-refractivity contribution in [1.82, 2.24) is 0 Å². The van der Waals surface area contributed by atoms with Crippen LogP contribution in [-0.2, 0) is 9.47 Å². The molecule has 24 nitrogen and oxygen atoms in total. The molecule has 4 aromatic rings. The van der Waals surface area contributed by atoms with E-state index in [0.29, 0.717) is 0 Å².